The zero-order valence-electron chi connectivity index (χ0n) is 11.6. The minimum atomic E-state index is -0.737. The number of nitrogens with one attached hydrogen (secondary N) is 1. The lowest BCUT2D eigenvalue weighted by Gasteiger charge is -2.40. The van der Waals surface area contributed by atoms with Crippen LogP contribution in [0.1, 0.15) is 39.0 Å². The highest BCUT2D eigenvalue weighted by Gasteiger charge is 2.52. The fraction of sp³-hybridized carbons (Fsp3) is 0.769. The van der Waals surface area contributed by atoms with Gasteiger partial charge in [-0.05, 0) is 19.3 Å². The fourth-order valence-electron chi connectivity index (χ4n) is 2.82. The zero-order chi connectivity index (χ0) is 14.0. The summed E-state index contributed by atoms with van der Waals surface area (Å²) < 4.78 is 0. The van der Waals surface area contributed by atoms with E-state index >= 15 is 0 Å². The molecule has 2 saturated heterocycles. The van der Waals surface area contributed by atoms with Crippen molar-refractivity contribution in [1.82, 2.24) is 15.1 Å². The number of piperidine rings is 1. The monoisotopic (exact) mass is 267 g/mol. The van der Waals surface area contributed by atoms with Crippen molar-refractivity contribution in [2.45, 2.75) is 44.6 Å². The topological polar surface area (TPSA) is 69.7 Å². The molecule has 0 radical (unpaired) electrons. The van der Waals surface area contributed by atoms with E-state index in [1.165, 1.54) is 4.90 Å². The molecule has 6 nitrogen and oxygen atoms in total. The molecule has 0 aliphatic carbocycles. The predicted molar refractivity (Wildman–Crippen MR) is 69.4 cm³/mol. The van der Waals surface area contributed by atoms with Gasteiger partial charge in [0.05, 0.1) is 0 Å². The smallest absolute Gasteiger partial charge is 0.324 e. The van der Waals surface area contributed by atoms with Crippen molar-refractivity contribution >= 4 is 17.8 Å². The van der Waals surface area contributed by atoms with Crippen LogP contribution < -0.4 is 5.32 Å². The van der Waals surface area contributed by atoms with E-state index in [0.29, 0.717) is 32.4 Å². The van der Waals surface area contributed by atoms with Crippen molar-refractivity contribution in [2.24, 2.45) is 0 Å². The van der Waals surface area contributed by atoms with Crippen LogP contribution in [0.15, 0.2) is 0 Å². The Kier molecular flexibility index (Phi) is 3.78. The number of likely N-dealkylation sites (tertiary alicyclic amines) is 1. The first-order valence-corrected chi connectivity index (χ1v) is 6.88. The van der Waals surface area contributed by atoms with Gasteiger partial charge in [-0.15, -0.1) is 0 Å². The summed E-state index contributed by atoms with van der Waals surface area (Å²) in [6.45, 7) is 3.16. The van der Waals surface area contributed by atoms with Crippen molar-refractivity contribution in [1.29, 1.82) is 0 Å². The summed E-state index contributed by atoms with van der Waals surface area (Å²) >= 11 is 0. The first-order valence-electron chi connectivity index (χ1n) is 6.88. The number of rotatable bonds is 3. The second kappa shape index (κ2) is 5.19. The third kappa shape index (κ3) is 2.31. The lowest BCUT2D eigenvalue weighted by molar-refractivity contribution is -0.137. The molecule has 0 saturated carbocycles. The van der Waals surface area contributed by atoms with Crippen LogP contribution in [0.25, 0.3) is 0 Å². The number of likely N-dealkylation sites (N-methyl/N-ethyl adjacent to an activating group) is 1. The number of amides is 4. The van der Waals surface area contributed by atoms with Gasteiger partial charge in [-0.3, -0.25) is 14.9 Å². The van der Waals surface area contributed by atoms with Crippen molar-refractivity contribution in [3.63, 3.8) is 0 Å². The number of imide groups is 1. The lowest BCUT2D eigenvalue weighted by Crippen LogP contribution is -2.56. The Bertz CT molecular complexity index is 400. The van der Waals surface area contributed by atoms with E-state index in [4.69, 9.17) is 0 Å². The van der Waals surface area contributed by atoms with Crippen molar-refractivity contribution in [3.8, 4) is 0 Å². The molecule has 2 heterocycles. The van der Waals surface area contributed by atoms with Crippen molar-refractivity contribution in [2.75, 3.05) is 20.1 Å². The van der Waals surface area contributed by atoms with E-state index in [1.807, 2.05) is 4.90 Å². The number of hydrogen-bond acceptors (Lipinski definition) is 3. The second-order valence-electron chi connectivity index (χ2n) is 5.33. The molecule has 2 rings (SSSR count). The summed E-state index contributed by atoms with van der Waals surface area (Å²) in [6, 6.07) is -0.337. The van der Waals surface area contributed by atoms with Crippen LogP contribution in [0.5, 0.6) is 0 Å². The zero-order valence-corrected chi connectivity index (χ0v) is 11.6. The predicted octanol–water partition coefficient (Wildman–Crippen LogP) is 0.719. The summed E-state index contributed by atoms with van der Waals surface area (Å²) in [5.74, 6) is -0.0651. The first kappa shape index (κ1) is 13.8. The molecular formula is C13H21N3O3. The normalized spacial score (nSPS) is 22.0. The van der Waals surface area contributed by atoms with E-state index in [2.05, 4.69) is 12.2 Å². The fourth-order valence-corrected chi connectivity index (χ4v) is 2.82. The van der Waals surface area contributed by atoms with Crippen LogP contribution in [-0.4, -0.2) is 53.3 Å². The van der Waals surface area contributed by atoms with Gasteiger partial charge in [0, 0.05) is 26.6 Å². The standard InChI is InChI=1S/C13H21N3O3/c1-3-4-5-10(17)16-8-6-13(7-9-16)11(18)14-12(19)15(13)2/h3-9H2,1-2H3,(H,14,18,19). The van der Waals surface area contributed by atoms with Gasteiger partial charge < -0.3 is 9.80 Å². The van der Waals surface area contributed by atoms with Gasteiger partial charge in [0.1, 0.15) is 5.54 Å². The maximum absolute atomic E-state index is 11.9. The average Bonchev–Trinajstić information content (AvgIpc) is 2.61. The van der Waals surface area contributed by atoms with Gasteiger partial charge in [-0.2, -0.15) is 0 Å². The highest BCUT2D eigenvalue weighted by Crippen LogP contribution is 2.32. The quantitative estimate of drug-likeness (QED) is 0.766. The molecule has 0 atom stereocenters. The molecular weight excluding hydrogens is 246 g/mol. The third-order valence-corrected chi connectivity index (χ3v) is 4.28. The molecule has 0 aromatic rings. The molecule has 0 aromatic heterocycles. The van der Waals surface area contributed by atoms with Gasteiger partial charge in [0.2, 0.25) is 5.91 Å². The van der Waals surface area contributed by atoms with Gasteiger partial charge in [0.25, 0.3) is 5.91 Å². The summed E-state index contributed by atoms with van der Waals surface area (Å²) in [4.78, 5) is 38.7. The molecule has 0 aromatic carbocycles. The number of nitrogens with zero attached hydrogens (tertiary/aromatic N) is 2. The average molecular weight is 267 g/mol. The Morgan fingerprint density at radius 2 is 1.95 bits per heavy atom. The maximum atomic E-state index is 11.9. The summed E-state index contributed by atoms with van der Waals surface area (Å²) in [5, 5.41) is 2.35. The maximum Gasteiger partial charge on any atom is 0.324 e. The number of carbonyl (C=O) groups excluding carboxylic acids is 3. The van der Waals surface area contributed by atoms with Gasteiger partial charge in [-0.1, -0.05) is 13.3 Å². The molecule has 106 valence electrons. The molecule has 4 amide bonds. The van der Waals surface area contributed by atoms with Crippen LogP contribution in [0.4, 0.5) is 4.79 Å². The largest absolute Gasteiger partial charge is 0.342 e. The molecule has 0 bridgehead atoms. The van der Waals surface area contributed by atoms with E-state index in [1.54, 1.807) is 7.05 Å². The van der Waals surface area contributed by atoms with Crippen molar-refractivity contribution < 1.29 is 14.4 Å². The van der Waals surface area contributed by atoms with Crippen molar-refractivity contribution in [3.05, 3.63) is 0 Å². The summed E-state index contributed by atoms with van der Waals surface area (Å²) in [7, 11) is 1.65. The second-order valence-corrected chi connectivity index (χ2v) is 5.33. The molecule has 2 aliphatic rings. The summed E-state index contributed by atoms with van der Waals surface area (Å²) in [6.07, 6.45) is 3.53. The Labute approximate surface area is 113 Å². The SMILES string of the molecule is CCCCC(=O)N1CCC2(CC1)C(=O)NC(=O)N2C. The molecule has 1 spiro atoms. The highest BCUT2D eigenvalue weighted by atomic mass is 16.2. The van der Waals surface area contributed by atoms with Crippen LogP contribution in [0, 0.1) is 0 Å². The van der Waals surface area contributed by atoms with E-state index in [9.17, 15) is 14.4 Å². The van der Waals surface area contributed by atoms with Gasteiger partial charge in [-0.25, -0.2) is 4.79 Å². The Hall–Kier alpha value is -1.59. The van der Waals surface area contributed by atoms with Crippen LogP contribution in [0.3, 0.4) is 0 Å². The van der Waals surface area contributed by atoms with Gasteiger partial charge in [0.15, 0.2) is 0 Å². The Morgan fingerprint density at radius 1 is 1.32 bits per heavy atom. The molecule has 1 N–H and O–H groups in total. The van der Waals surface area contributed by atoms with E-state index in [-0.39, 0.29) is 17.8 Å². The minimum absolute atomic E-state index is 0.157. The van der Waals surface area contributed by atoms with Gasteiger partial charge >= 0.3 is 6.03 Å². The van der Waals surface area contributed by atoms with E-state index in [0.717, 1.165) is 12.8 Å². The highest BCUT2D eigenvalue weighted by molar-refractivity contribution is 6.07. The Balaban J connectivity index is 1.97. The number of hydrogen-bond donors (Lipinski definition) is 1. The summed E-state index contributed by atoms with van der Waals surface area (Å²) in [5.41, 5.74) is -0.737. The molecule has 2 fully saturated rings. The Morgan fingerprint density at radius 3 is 2.42 bits per heavy atom. The van der Waals surface area contributed by atoms with Crippen LogP contribution in [0.2, 0.25) is 0 Å². The minimum Gasteiger partial charge on any atom is -0.342 e. The molecule has 2 aliphatic heterocycles. The molecule has 6 heteroatoms. The van der Waals surface area contributed by atoms with E-state index < -0.39 is 5.54 Å². The molecule has 0 unspecified atom stereocenters. The number of unbranched alkanes of at least 4 members (excludes halogenated alkanes) is 1. The first-order chi connectivity index (χ1) is 9.01. The lowest BCUT2D eigenvalue weighted by atomic mass is 9.86. The number of urea groups is 1. The van der Waals surface area contributed by atoms with Crippen LogP contribution in [-0.2, 0) is 9.59 Å². The van der Waals surface area contributed by atoms with Crippen LogP contribution >= 0.6 is 0 Å². The molecule has 19 heavy (non-hydrogen) atoms. The third-order valence-electron chi connectivity index (χ3n) is 4.28. The number of carbonyl (C=O) groups is 3.